The Balaban J connectivity index is 1.79. The molecule has 94 valence electrons. The number of carbonyl (C=O) groups excluding carboxylic acids is 1. The zero-order valence-electron chi connectivity index (χ0n) is 9.73. The van der Waals surface area contributed by atoms with Crippen molar-refractivity contribution in [1.29, 1.82) is 0 Å². The molecule has 7 nitrogen and oxygen atoms in total. The topological polar surface area (TPSA) is 110 Å². The van der Waals surface area contributed by atoms with Gasteiger partial charge in [-0.2, -0.15) is 9.47 Å². The second-order valence-corrected chi connectivity index (χ2v) is 5.03. The monoisotopic (exact) mass is 264 g/mol. The Labute approximate surface area is 107 Å². The van der Waals surface area contributed by atoms with Gasteiger partial charge in [-0.15, -0.1) is 0 Å². The summed E-state index contributed by atoms with van der Waals surface area (Å²) < 4.78 is 3.99. The fraction of sp³-hybridized carbons (Fsp3) is 0.400. The number of nitrogens with one attached hydrogen (secondary N) is 2. The maximum absolute atomic E-state index is 12.0. The van der Waals surface area contributed by atoms with E-state index in [4.69, 9.17) is 5.73 Å². The normalized spacial score (nSPS) is 14.7. The summed E-state index contributed by atoms with van der Waals surface area (Å²) in [6, 6.07) is 0. The number of H-pyrrole nitrogens is 1. The molecule has 3 rings (SSSR count). The maximum atomic E-state index is 12.0. The quantitative estimate of drug-likeness (QED) is 0.773. The molecule has 0 radical (unpaired) electrons. The summed E-state index contributed by atoms with van der Waals surface area (Å²) in [5.74, 6) is 0.707. The molecule has 1 amide bonds. The van der Waals surface area contributed by atoms with Crippen molar-refractivity contribution in [1.82, 2.24) is 19.6 Å². The molecule has 1 fully saturated rings. The molecule has 0 atom stereocenters. The second-order valence-electron chi connectivity index (χ2n) is 4.27. The molecule has 0 bridgehead atoms. The van der Waals surface area contributed by atoms with Crippen molar-refractivity contribution in [3.05, 3.63) is 17.2 Å². The first-order chi connectivity index (χ1) is 8.65. The molecule has 2 heterocycles. The van der Waals surface area contributed by atoms with Crippen LogP contribution in [0.4, 0.5) is 10.8 Å². The van der Waals surface area contributed by atoms with Crippen LogP contribution < -0.4 is 11.1 Å². The number of rotatable bonds is 3. The third-order valence-electron chi connectivity index (χ3n) is 2.78. The summed E-state index contributed by atoms with van der Waals surface area (Å²) in [4.78, 5) is 16.0. The zero-order chi connectivity index (χ0) is 12.7. The van der Waals surface area contributed by atoms with E-state index >= 15 is 0 Å². The number of carbonyl (C=O) groups is 1. The van der Waals surface area contributed by atoms with E-state index in [1.807, 2.05) is 0 Å². The molecule has 1 aliphatic carbocycles. The molecule has 2 aromatic heterocycles. The number of hydrogen-bond acceptors (Lipinski definition) is 6. The van der Waals surface area contributed by atoms with Gasteiger partial charge in [-0.25, -0.2) is 4.98 Å². The Morgan fingerprint density at radius 3 is 2.94 bits per heavy atom. The minimum absolute atomic E-state index is 0.227. The van der Waals surface area contributed by atoms with Crippen LogP contribution >= 0.6 is 11.5 Å². The number of amides is 1. The predicted molar refractivity (Wildman–Crippen MR) is 67.6 cm³/mol. The number of anilines is 2. The number of hydrogen-bond donors (Lipinski definition) is 3. The van der Waals surface area contributed by atoms with Gasteiger partial charge in [0.15, 0.2) is 5.69 Å². The highest BCUT2D eigenvalue weighted by Gasteiger charge is 2.30. The highest BCUT2D eigenvalue weighted by Crippen LogP contribution is 2.42. The smallest absolute Gasteiger partial charge is 0.280 e. The van der Waals surface area contributed by atoms with Gasteiger partial charge in [-0.3, -0.25) is 15.2 Å². The average molecular weight is 264 g/mol. The van der Waals surface area contributed by atoms with E-state index in [0.29, 0.717) is 22.6 Å². The summed E-state index contributed by atoms with van der Waals surface area (Å²) in [5, 5.41) is 9.90. The lowest BCUT2D eigenvalue weighted by atomic mass is 10.2. The third-order valence-corrected chi connectivity index (χ3v) is 3.50. The number of nitrogens with zero attached hydrogens (tertiary/aromatic N) is 3. The Morgan fingerprint density at radius 1 is 1.56 bits per heavy atom. The van der Waals surface area contributed by atoms with Crippen LogP contribution in [0.5, 0.6) is 0 Å². The van der Waals surface area contributed by atoms with Gasteiger partial charge in [0.2, 0.25) is 5.13 Å². The van der Waals surface area contributed by atoms with Crippen molar-refractivity contribution in [2.75, 3.05) is 11.1 Å². The van der Waals surface area contributed by atoms with Gasteiger partial charge >= 0.3 is 0 Å². The number of nitrogens with two attached hydrogens (primary N) is 1. The first kappa shape index (κ1) is 11.1. The number of aromatic amines is 1. The number of nitrogen functional groups attached to an aromatic ring is 1. The van der Waals surface area contributed by atoms with E-state index in [1.54, 1.807) is 6.92 Å². The first-order valence-corrected chi connectivity index (χ1v) is 6.38. The van der Waals surface area contributed by atoms with E-state index in [9.17, 15) is 4.79 Å². The largest absolute Gasteiger partial charge is 0.395 e. The Morgan fingerprint density at radius 2 is 2.33 bits per heavy atom. The summed E-state index contributed by atoms with van der Waals surface area (Å²) >= 11 is 1.13. The van der Waals surface area contributed by atoms with Crippen molar-refractivity contribution in [3.63, 3.8) is 0 Å². The molecule has 4 N–H and O–H groups in total. The van der Waals surface area contributed by atoms with Crippen LogP contribution in [0.15, 0.2) is 0 Å². The Hall–Kier alpha value is -1.96. The van der Waals surface area contributed by atoms with Gasteiger partial charge in [0.05, 0.1) is 11.4 Å². The van der Waals surface area contributed by atoms with Gasteiger partial charge in [0.25, 0.3) is 5.91 Å². The highest BCUT2D eigenvalue weighted by molar-refractivity contribution is 7.09. The SMILES string of the molecule is Cc1nsc(NC(=O)c2n[nH]c(C3CC3)c2N)n1. The van der Waals surface area contributed by atoms with E-state index < -0.39 is 0 Å². The first-order valence-electron chi connectivity index (χ1n) is 5.60. The zero-order valence-corrected chi connectivity index (χ0v) is 10.5. The molecule has 1 aliphatic rings. The average Bonchev–Trinajstić information content (AvgIpc) is 2.98. The van der Waals surface area contributed by atoms with Crippen molar-refractivity contribution in [2.45, 2.75) is 25.7 Å². The van der Waals surface area contributed by atoms with Crippen LogP contribution in [0.2, 0.25) is 0 Å². The lowest BCUT2D eigenvalue weighted by Gasteiger charge is -1.99. The minimum Gasteiger partial charge on any atom is -0.395 e. The van der Waals surface area contributed by atoms with Gasteiger partial charge in [0.1, 0.15) is 5.82 Å². The Kier molecular flexibility index (Phi) is 2.51. The minimum atomic E-state index is -0.355. The van der Waals surface area contributed by atoms with Crippen LogP contribution in [-0.4, -0.2) is 25.5 Å². The number of aromatic nitrogens is 4. The van der Waals surface area contributed by atoms with Crippen LogP contribution in [0.1, 0.15) is 40.8 Å². The van der Waals surface area contributed by atoms with Crippen molar-refractivity contribution in [3.8, 4) is 0 Å². The van der Waals surface area contributed by atoms with Gasteiger partial charge in [-0.05, 0) is 19.8 Å². The molecule has 0 aromatic carbocycles. The highest BCUT2D eigenvalue weighted by atomic mass is 32.1. The lowest BCUT2D eigenvalue weighted by Crippen LogP contribution is -2.14. The Bertz CT molecular complexity index is 599. The lowest BCUT2D eigenvalue weighted by molar-refractivity contribution is 0.102. The molecule has 18 heavy (non-hydrogen) atoms. The molecular formula is C10H12N6OS. The fourth-order valence-electron chi connectivity index (χ4n) is 1.72. The van der Waals surface area contributed by atoms with Crippen molar-refractivity contribution >= 4 is 28.3 Å². The van der Waals surface area contributed by atoms with E-state index in [1.165, 1.54) is 0 Å². The second kappa shape index (κ2) is 4.05. The summed E-state index contributed by atoms with van der Waals surface area (Å²) in [6.45, 7) is 1.76. The predicted octanol–water partition coefficient (Wildman–Crippen LogP) is 1.28. The molecule has 2 aromatic rings. The fourth-order valence-corrected chi connectivity index (χ4v) is 2.30. The molecule has 0 spiro atoms. The van der Waals surface area contributed by atoms with E-state index in [-0.39, 0.29) is 11.6 Å². The number of aryl methyl sites for hydroxylation is 1. The summed E-state index contributed by atoms with van der Waals surface area (Å²) in [6.07, 6.45) is 2.20. The van der Waals surface area contributed by atoms with Crippen LogP contribution in [0, 0.1) is 6.92 Å². The molecule has 0 saturated heterocycles. The van der Waals surface area contributed by atoms with E-state index in [2.05, 4.69) is 24.9 Å². The third kappa shape index (κ3) is 1.94. The van der Waals surface area contributed by atoms with Gasteiger partial charge in [0, 0.05) is 17.5 Å². The van der Waals surface area contributed by atoms with Crippen molar-refractivity contribution in [2.24, 2.45) is 0 Å². The molecule has 1 saturated carbocycles. The van der Waals surface area contributed by atoms with Gasteiger partial charge < -0.3 is 5.73 Å². The van der Waals surface area contributed by atoms with Crippen LogP contribution in [0.25, 0.3) is 0 Å². The summed E-state index contributed by atoms with van der Waals surface area (Å²) in [7, 11) is 0. The van der Waals surface area contributed by atoms with E-state index in [0.717, 1.165) is 30.1 Å². The van der Waals surface area contributed by atoms with Crippen LogP contribution in [0.3, 0.4) is 0 Å². The summed E-state index contributed by atoms with van der Waals surface area (Å²) in [5.41, 5.74) is 7.45. The van der Waals surface area contributed by atoms with Crippen LogP contribution in [-0.2, 0) is 0 Å². The molecule has 0 unspecified atom stereocenters. The molecule has 8 heteroatoms. The maximum Gasteiger partial charge on any atom is 0.280 e. The van der Waals surface area contributed by atoms with Gasteiger partial charge in [-0.1, -0.05) is 0 Å². The molecular weight excluding hydrogens is 252 g/mol. The van der Waals surface area contributed by atoms with Crippen molar-refractivity contribution < 1.29 is 4.79 Å². The molecule has 0 aliphatic heterocycles. The standard InChI is InChI=1S/C10H12N6OS/c1-4-12-10(18-16-4)13-9(17)8-6(11)7(14-15-8)5-2-3-5/h5H,2-3,11H2,1H3,(H,14,15)(H,12,13,16,17).